The molecule has 0 aromatic heterocycles. The molecule has 1 aliphatic carbocycles. The Kier molecular flexibility index (Phi) is 4.25. The Morgan fingerprint density at radius 2 is 1.75 bits per heavy atom. The van der Waals surface area contributed by atoms with Gasteiger partial charge in [-0.2, -0.15) is 0 Å². The van der Waals surface area contributed by atoms with Crippen molar-refractivity contribution in [1.82, 2.24) is 4.90 Å². The second kappa shape index (κ2) is 6.13. The number of hydrogen-bond donors (Lipinski definition) is 0. The van der Waals surface area contributed by atoms with Crippen molar-refractivity contribution in [2.24, 2.45) is 5.92 Å². The molecule has 0 bridgehead atoms. The molecule has 104 valence electrons. The summed E-state index contributed by atoms with van der Waals surface area (Å²) < 4.78 is 0. The fourth-order valence-corrected chi connectivity index (χ4v) is 3.59. The highest BCUT2D eigenvalue weighted by Gasteiger charge is 2.33. The van der Waals surface area contributed by atoms with Crippen LogP contribution in [0, 0.1) is 5.92 Å². The van der Waals surface area contributed by atoms with Gasteiger partial charge in [0.1, 0.15) is 5.68 Å². The minimum atomic E-state index is -0.342. The van der Waals surface area contributed by atoms with E-state index < -0.39 is 0 Å². The lowest BCUT2D eigenvalue weighted by atomic mass is 9.75. The summed E-state index contributed by atoms with van der Waals surface area (Å²) in [6.45, 7) is 2.62. The molecule has 2 radical (unpaired) electrons. The zero-order valence-electron chi connectivity index (χ0n) is 12.1. The Morgan fingerprint density at radius 3 is 2.35 bits per heavy atom. The van der Waals surface area contributed by atoms with E-state index in [4.69, 9.17) is 7.85 Å². The summed E-state index contributed by atoms with van der Waals surface area (Å²) in [7, 11) is 5.26. The second-order valence-corrected chi connectivity index (χ2v) is 6.35. The summed E-state index contributed by atoms with van der Waals surface area (Å²) in [5.41, 5.74) is 1.59. The van der Waals surface area contributed by atoms with Gasteiger partial charge in [-0.1, -0.05) is 30.7 Å². The maximum atomic E-state index is 11.0. The van der Waals surface area contributed by atoms with Crippen LogP contribution in [0.25, 0.3) is 0 Å². The van der Waals surface area contributed by atoms with Crippen LogP contribution in [0.4, 0.5) is 0 Å². The smallest absolute Gasteiger partial charge is 0.175 e. The molecule has 1 saturated carbocycles. The van der Waals surface area contributed by atoms with Crippen molar-refractivity contribution < 1.29 is 4.79 Å². The monoisotopic (exact) mass is 267 g/mol. The minimum absolute atomic E-state index is 0.342. The SMILES string of the molecule is [B]C(=O)c1ccc(CC2CC(N3CCCCC3)C2)cc1. The third-order valence-corrected chi connectivity index (χ3v) is 4.88. The molecule has 1 aliphatic heterocycles. The summed E-state index contributed by atoms with van der Waals surface area (Å²) in [4.78, 5) is 13.7. The van der Waals surface area contributed by atoms with Crippen molar-refractivity contribution in [3.05, 3.63) is 35.4 Å². The number of benzene rings is 1. The number of rotatable bonds is 4. The minimum Gasteiger partial charge on any atom is -0.307 e. The van der Waals surface area contributed by atoms with Gasteiger partial charge in [0.2, 0.25) is 0 Å². The van der Waals surface area contributed by atoms with Gasteiger partial charge in [-0.15, -0.1) is 0 Å². The van der Waals surface area contributed by atoms with Crippen molar-refractivity contribution in [2.75, 3.05) is 13.1 Å². The van der Waals surface area contributed by atoms with Gasteiger partial charge in [-0.3, -0.25) is 0 Å². The molecule has 0 amide bonds. The van der Waals surface area contributed by atoms with Gasteiger partial charge in [0.15, 0.2) is 7.85 Å². The first-order valence-electron chi connectivity index (χ1n) is 7.85. The van der Waals surface area contributed by atoms with E-state index >= 15 is 0 Å². The molecular weight excluding hydrogens is 245 g/mol. The first kappa shape index (κ1) is 13.9. The molecule has 3 heteroatoms. The van der Waals surface area contributed by atoms with Crippen molar-refractivity contribution in [3.8, 4) is 0 Å². The van der Waals surface area contributed by atoms with E-state index in [9.17, 15) is 4.79 Å². The summed E-state index contributed by atoms with van der Waals surface area (Å²) in [5, 5.41) is 0. The zero-order valence-corrected chi connectivity index (χ0v) is 12.1. The molecule has 1 heterocycles. The van der Waals surface area contributed by atoms with E-state index in [1.165, 1.54) is 50.8 Å². The first-order valence-corrected chi connectivity index (χ1v) is 7.85. The molecule has 20 heavy (non-hydrogen) atoms. The van der Waals surface area contributed by atoms with Crippen molar-refractivity contribution in [2.45, 2.75) is 44.6 Å². The lowest BCUT2D eigenvalue weighted by molar-refractivity contribution is 0.0623. The summed E-state index contributed by atoms with van der Waals surface area (Å²) in [6.07, 6.45) is 8.02. The third kappa shape index (κ3) is 3.14. The molecule has 0 unspecified atom stereocenters. The Hall–Kier alpha value is -1.09. The van der Waals surface area contributed by atoms with Crippen LogP contribution in [0.1, 0.15) is 48.0 Å². The van der Waals surface area contributed by atoms with E-state index in [-0.39, 0.29) is 5.68 Å². The number of carbonyl (C=O) groups is 1. The van der Waals surface area contributed by atoms with E-state index in [2.05, 4.69) is 4.90 Å². The highest BCUT2D eigenvalue weighted by atomic mass is 16.1. The lowest BCUT2D eigenvalue weighted by Crippen LogP contribution is -2.47. The molecule has 1 aromatic rings. The molecule has 0 atom stereocenters. The third-order valence-electron chi connectivity index (χ3n) is 4.88. The normalized spacial score (nSPS) is 27.0. The van der Waals surface area contributed by atoms with Crippen molar-refractivity contribution in [3.63, 3.8) is 0 Å². The number of piperidine rings is 1. The average molecular weight is 267 g/mol. The fraction of sp³-hybridized carbons (Fsp3) is 0.588. The van der Waals surface area contributed by atoms with Crippen LogP contribution < -0.4 is 0 Å². The molecule has 2 fully saturated rings. The van der Waals surface area contributed by atoms with E-state index in [0.717, 1.165) is 18.4 Å². The molecule has 1 saturated heterocycles. The standard InChI is InChI=1S/C17H22BNO/c18-17(20)15-6-4-13(5-7-15)10-14-11-16(12-14)19-8-2-1-3-9-19/h4-7,14,16H,1-3,8-12H2. The van der Waals surface area contributed by atoms with Gasteiger partial charge in [0.05, 0.1) is 0 Å². The van der Waals surface area contributed by atoms with Crippen molar-refractivity contribution in [1.29, 1.82) is 0 Å². The van der Waals surface area contributed by atoms with Crippen LogP contribution in [-0.4, -0.2) is 37.6 Å². The van der Waals surface area contributed by atoms with Gasteiger partial charge in [-0.05, 0) is 56.7 Å². The maximum Gasteiger partial charge on any atom is 0.175 e. The Bertz CT molecular complexity index is 458. The van der Waals surface area contributed by atoms with Gasteiger partial charge in [-0.25, -0.2) is 0 Å². The lowest BCUT2D eigenvalue weighted by Gasteiger charge is -2.44. The van der Waals surface area contributed by atoms with Gasteiger partial charge in [0.25, 0.3) is 0 Å². The van der Waals surface area contributed by atoms with Gasteiger partial charge in [0, 0.05) is 11.6 Å². The summed E-state index contributed by atoms with van der Waals surface area (Å²) >= 11 is 0. The van der Waals surface area contributed by atoms with E-state index in [1.54, 1.807) is 0 Å². The van der Waals surface area contributed by atoms with Crippen LogP contribution in [-0.2, 0) is 6.42 Å². The predicted octanol–water partition coefficient (Wildman–Crippen LogP) is 2.80. The van der Waals surface area contributed by atoms with E-state index in [0.29, 0.717) is 5.56 Å². The number of carbonyl (C=O) groups excluding carboxylic acids is 1. The van der Waals surface area contributed by atoms with Crippen molar-refractivity contribution >= 4 is 13.5 Å². The summed E-state index contributed by atoms with van der Waals surface area (Å²) in [5.74, 6) is 0.821. The first-order chi connectivity index (χ1) is 9.72. The fourth-order valence-electron chi connectivity index (χ4n) is 3.59. The average Bonchev–Trinajstić information content (AvgIpc) is 2.44. The number of nitrogens with zero attached hydrogens (tertiary/aromatic N) is 1. The summed E-state index contributed by atoms with van der Waals surface area (Å²) in [6, 6.07) is 8.63. The highest BCUT2D eigenvalue weighted by Crippen LogP contribution is 2.35. The molecule has 1 aromatic carbocycles. The Balaban J connectivity index is 1.47. The van der Waals surface area contributed by atoms with Gasteiger partial charge >= 0.3 is 0 Å². The zero-order chi connectivity index (χ0) is 13.9. The molecule has 3 rings (SSSR count). The largest absolute Gasteiger partial charge is 0.307 e. The maximum absolute atomic E-state index is 11.0. The molecule has 2 nitrogen and oxygen atoms in total. The van der Waals surface area contributed by atoms with Crippen LogP contribution >= 0.6 is 0 Å². The van der Waals surface area contributed by atoms with Crippen LogP contribution in [0.15, 0.2) is 24.3 Å². The number of hydrogen-bond acceptors (Lipinski definition) is 2. The van der Waals surface area contributed by atoms with Crippen LogP contribution in [0.2, 0.25) is 0 Å². The quantitative estimate of drug-likeness (QED) is 0.782. The topological polar surface area (TPSA) is 20.3 Å². The van der Waals surface area contributed by atoms with Gasteiger partial charge < -0.3 is 9.69 Å². The van der Waals surface area contributed by atoms with E-state index in [1.807, 2.05) is 24.3 Å². The Morgan fingerprint density at radius 1 is 1.10 bits per heavy atom. The molecular formula is C17H22BNO. The second-order valence-electron chi connectivity index (χ2n) is 6.35. The van der Waals surface area contributed by atoms with Crippen LogP contribution in [0.5, 0.6) is 0 Å². The van der Waals surface area contributed by atoms with Crippen LogP contribution in [0.3, 0.4) is 0 Å². The predicted molar refractivity (Wildman–Crippen MR) is 82.2 cm³/mol. The number of likely N-dealkylation sites (tertiary alicyclic amines) is 1. The Labute approximate surface area is 123 Å². The molecule has 2 aliphatic rings. The molecule has 0 N–H and O–H groups in total. The molecule has 0 spiro atoms. The highest BCUT2D eigenvalue weighted by molar-refractivity contribution is 6.62.